The van der Waals surface area contributed by atoms with Crippen LogP contribution >= 0.6 is 11.3 Å². The zero-order valence-corrected chi connectivity index (χ0v) is 12.2. The number of aryl methyl sites for hydroxylation is 1. The first-order chi connectivity index (χ1) is 8.59. The second-order valence-corrected chi connectivity index (χ2v) is 5.70. The van der Waals surface area contributed by atoms with E-state index in [2.05, 4.69) is 53.4 Å². The van der Waals surface area contributed by atoms with E-state index in [9.17, 15) is 0 Å². The molecule has 1 N–H and O–H groups in total. The highest BCUT2D eigenvalue weighted by Crippen LogP contribution is 2.28. The summed E-state index contributed by atoms with van der Waals surface area (Å²) in [7, 11) is 2.14. The summed E-state index contributed by atoms with van der Waals surface area (Å²) in [5.41, 5.74) is 2.29. The third-order valence-electron chi connectivity index (χ3n) is 3.17. The van der Waals surface area contributed by atoms with Gasteiger partial charge in [-0.1, -0.05) is 0 Å². The largest absolute Gasteiger partial charge is 0.367 e. The molecule has 0 atom stereocenters. The van der Waals surface area contributed by atoms with Crippen molar-refractivity contribution >= 4 is 27.4 Å². The summed E-state index contributed by atoms with van der Waals surface area (Å²) >= 11 is 1.70. The smallest absolute Gasteiger partial charge is 0.147 e. The monoisotopic (exact) mass is 264 g/mol. The van der Waals surface area contributed by atoms with Gasteiger partial charge in [0.1, 0.15) is 12.1 Å². The molecule has 2 aromatic heterocycles. The first kappa shape index (κ1) is 13.2. The number of fused-ring (bicyclic) bond motifs is 1. The molecule has 18 heavy (non-hydrogen) atoms. The molecule has 0 aliphatic carbocycles. The van der Waals surface area contributed by atoms with Crippen molar-refractivity contribution in [2.75, 3.05) is 25.5 Å². The van der Waals surface area contributed by atoms with Gasteiger partial charge in [0.15, 0.2) is 0 Å². The minimum atomic E-state index is 0.571. The minimum Gasteiger partial charge on any atom is -0.367 e. The Morgan fingerprint density at radius 3 is 2.89 bits per heavy atom. The third kappa shape index (κ3) is 2.79. The molecule has 0 bridgehead atoms. The van der Waals surface area contributed by atoms with E-state index in [4.69, 9.17) is 0 Å². The van der Waals surface area contributed by atoms with Gasteiger partial charge in [-0.2, -0.15) is 0 Å². The molecule has 98 valence electrons. The van der Waals surface area contributed by atoms with Crippen molar-refractivity contribution < 1.29 is 0 Å². The van der Waals surface area contributed by atoms with E-state index in [1.807, 2.05) is 0 Å². The van der Waals surface area contributed by atoms with Crippen LogP contribution in [0.15, 0.2) is 11.7 Å². The molecule has 0 amide bonds. The highest BCUT2D eigenvalue weighted by molar-refractivity contribution is 7.18. The van der Waals surface area contributed by atoms with Crippen LogP contribution in [-0.4, -0.2) is 41.0 Å². The summed E-state index contributed by atoms with van der Waals surface area (Å²) in [4.78, 5) is 11.0. The number of thiophene rings is 1. The molecule has 0 spiro atoms. The summed E-state index contributed by atoms with van der Waals surface area (Å²) < 4.78 is 1.15. The fourth-order valence-corrected chi connectivity index (χ4v) is 2.67. The van der Waals surface area contributed by atoms with Gasteiger partial charge >= 0.3 is 0 Å². The molecule has 0 saturated carbocycles. The van der Waals surface area contributed by atoms with Gasteiger partial charge < -0.3 is 10.2 Å². The zero-order chi connectivity index (χ0) is 13.1. The molecular weight excluding hydrogens is 244 g/mol. The number of nitrogens with one attached hydrogen (secondary N) is 1. The number of hydrogen-bond acceptors (Lipinski definition) is 5. The molecule has 2 aromatic rings. The van der Waals surface area contributed by atoms with E-state index in [-0.39, 0.29) is 0 Å². The topological polar surface area (TPSA) is 41.0 Å². The lowest BCUT2D eigenvalue weighted by Crippen LogP contribution is -2.31. The number of aromatic nitrogens is 2. The predicted octanol–water partition coefficient (Wildman–Crippen LogP) is 2.75. The normalized spacial score (nSPS) is 11.7. The van der Waals surface area contributed by atoms with Crippen molar-refractivity contribution in [3.8, 4) is 0 Å². The van der Waals surface area contributed by atoms with Gasteiger partial charge in [0.25, 0.3) is 0 Å². The zero-order valence-electron chi connectivity index (χ0n) is 11.4. The molecule has 0 aromatic carbocycles. The summed E-state index contributed by atoms with van der Waals surface area (Å²) in [6, 6.07) is 0.571. The van der Waals surface area contributed by atoms with Crippen LogP contribution in [-0.2, 0) is 0 Å². The van der Waals surface area contributed by atoms with Gasteiger partial charge in [-0.05, 0) is 38.8 Å². The first-order valence-electron chi connectivity index (χ1n) is 6.22. The van der Waals surface area contributed by atoms with E-state index in [1.165, 1.54) is 5.56 Å². The summed E-state index contributed by atoms with van der Waals surface area (Å²) in [6.07, 6.45) is 1.64. The van der Waals surface area contributed by atoms with Crippen LogP contribution in [0.5, 0.6) is 0 Å². The second kappa shape index (κ2) is 5.63. The Morgan fingerprint density at radius 1 is 1.39 bits per heavy atom. The van der Waals surface area contributed by atoms with E-state index in [1.54, 1.807) is 17.7 Å². The van der Waals surface area contributed by atoms with Crippen LogP contribution in [0.1, 0.15) is 19.4 Å². The molecule has 0 unspecified atom stereocenters. The Balaban J connectivity index is 2.04. The van der Waals surface area contributed by atoms with E-state index in [0.29, 0.717) is 6.04 Å². The molecule has 0 aliphatic rings. The van der Waals surface area contributed by atoms with Crippen LogP contribution in [0.4, 0.5) is 5.82 Å². The standard InChI is InChI=1S/C13H20N4S/c1-9(2)17(4)6-5-14-13-12-11(15-8-16-13)10(3)7-18-12/h7-9H,5-6H2,1-4H3,(H,14,15,16). The van der Waals surface area contributed by atoms with Crippen LogP contribution in [0.2, 0.25) is 0 Å². The molecule has 2 rings (SSSR count). The lowest BCUT2D eigenvalue weighted by molar-refractivity contribution is 0.284. The Labute approximate surface area is 112 Å². The predicted molar refractivity (Wildman–Crippen MR) is 78.4 cm³/mol. The Hall–Kier alpha value is -1.20. The van der Waals surface area contributed by atoms with Crippen LogP contribution in [0, 0.1) is 6.92 Å². The number of likely N-dealkylation sites (N-methyl/N-ethyl adjacent to an activating group) is 1. The van der Waals surface area contributed by atoms with Crippen LogP contribution in [0.3, 0.4) is 0 Å². The van der Waals surface area contributed by atoms with Crippen molar-refractivity contribution in [2.45, 2.75) is 26.8 Å². The highest BCUT2D eigenvalue weighted by Gasteiger charge is 2.08. The van der Waals surface area contributed by atoms with E-state index in [0.717, 1.165) is 29.1 Å². The molecule has 4 nitrogen and oxygen atoms in total. The highest BCUT2D eigenvalue weighted by atomic mass is 32.1. The number of hydrogen-bond donors (Lipinski definition) is 1. The molecule has 0 saturated heterocycles. The second-order valence-electron chi connectivity index (χ2n) is 4.82. The quantitative estimate of drug-likeness (QED) is 0.901. The van der Waals surface area contributed by atoms with Crippen molar-refractivity contribution in [2.24, 2.45) is 0 Å². The average molecular weight is 264 g/mol. The number of nitrogens with zero attached hydrogens (tertiary/aromatic N) is 3. The Kier molecular flexibility index (Phi) is 4.14. The average Bonchev–Trinajstić information content (AvgIpc) is 2.72. The molecule has 0 fully saturated rings. The molecule has 5 heteroatoms. The van der Waals surface area contributed by atoms with Crippen molar-refractivity contribution in [1.29, 1.82) is 0 Å². The molecular formula is C13H20N4S. The first-order valence-corrected chi connectivity index (χ1v) is 7.10. The summed E-state index contributed by atoms with van der Waals surface area (Å²) in [5.74, 6) is 0.954. The SMILES string of the molecule is Cc1csc2c(NCCN(C)C(C)C)ncnc12. The fourth-order valence-electron chi connectivity index (χ4n) is 1.70. The third-order valence-corrected chi connectivity index (χ3v) is 4.26. The van der Waals surface area contributed by atoms with Gasteiger partial charge in [0.2, 0.25) is 0 Å². The van der Waals surface area contributed by atoms with Crippen LogP contribution in [0.25, 0.3) is 10.2 Å². The van der Waals surface area contributed by atoms with Crippen molar-refractivity contribution in [3.05, 3.63) is 17.3 Å². The molecule has 0 radical (unpaired) electrons. The van der Waals surface area contributed by atoms with E-state index < -0.39 is 0 Å². The Morgan fingerprint density at radius 2 is 2.17 bits per heavy atom. The minimum absolute atomic E-state index is 0.571. The molecule has 0 aliphatic heterocycles. The lowest BCUT2D eigenvalue weighted by atomic mass is 10.3. The van der Waals surface area contributed by atoms with Crippen molar-refractivity contribution in [1.82, 2.24) is 14.9 Å². The maximum Gasteiger partial charge on any atom is 0.147 e. The number of rotatable bonds is 5. The van der Waals surface area contributed by atoms with Crippen LogP contribution < -0.4 is 5.32 Å². The summed E-state index contributed by atoms with van der Waals surface area (Å²) in [6.45, 7) is 8.39. The number of anilines is 1. The fraction of sp³-hybridized carbons (Fsp3) is 0.538. The van der Waals surface area contributed by atoms with Gasteiger partial charge in [0, 0.05) is 19.1 Å². The van der Waals surface area contributed by atoms with Gasteiger partial charge in [-0.25, -0.2) is 9.97 Å². The van der Waals surface area contributed by atoms with E-state index >= 15 is 0 Å². The summed E-state index contributed by atoms with van der Waals surface area (Å²) in [5, 5.41) is 5.53. The maximum absolute atomic E-state index is 4.33. The maximum atomic E-state index is 4.33. The van der Waals surface area contributed by atoms with Gasteiger partial charge in [-0.15, -0.1) is 11.3 Å². The van der Waals surface area contributed by atoms with Gasteiger partial charge in [0.05, 0.1) is 10.2 Å². The van der Waals surface area contributed by atoms with Crippen molar-refractivity contribution in [3.63, 3.8) is 0 Å². The Bertz CT molecular complexity index is 521. The molecule has 2 heterocycles. The lowest BCUT2D eigenvalue weighted by Gasteiger charge is -2.21. The van der Waals surface area contributed by atoms with Gasteiger partial charge in [-0.3, -0.25) is 0 Å².